The van der Waals surface area contributed by atoms with Crippen LogP contribution in [-0.4, -0.2) is 27.7 Å². The standard InChI is InChI=1S/C22H18N4O5/c1-22(17-8-4-6-13-5-2-3-7-16(13)17)20(28)25(21(29)24-22)12-15-10-9-14(19(23)27)11-18(15)26(30)31/h2-11H,12H2,1H3,(H2,23,27)(H,24,29). The van der Waals surface area contributed by atoms with Gasteiger partial charge in [0, 0.05) is 17.2 Å². The fourth-order valence-electron chi connectivity index (χ4n) is 3.88. The molecule has 3 aromatic carbocycles. The summed E-state index contributed by atoms with van der Waals surface area (Å²) < 4.78 is 0. The summed E-state index contributed by atoms with van der Waals surface area (Å²) in [6, 6.07) is 16.0. The number of hydrogen-bond acceptors (Lipinski definition) is 5. The van der Waals surface area contributed by atoms with E-state index in [1.165, 1.54) is 12.1 Å². The third-order valence-corrected chi connectivity index (χ3v) is 5.50. The number of fused-ring (bicyclic) bond motifs is 1. The highest BCUT2D eigenvalue weighted by Gasteiger charge is 2.49. The number of nitrogens with one attached hydrogen (secondary N) is 1. The van der Waals surface area contributed by atoms with Crippen molar-refractivity contribution < 1.29 is 19.3 Å². The number of carbonyl (C=O) groups is 3. The first-order chi connectivity index (χ1) is 14.7. The first kappa shape index (κ1) is 20.0. The van der Waals surface area contributed by atoms with Crippen LogP contribution in [-0.2, 0) is 16.9 Å². The van der Waals surface area contributed by atoms with Gasteiger partial charge in [-0.2, -0.15) is 0 Å². The molecule has 1 unspecified atom stereocenters. The zero-order valence-corrected chi connectivity index (χ0v) is 16.5. The second-order valence-corrected chi connectivity index (χ2v) is 7.44. The van der Waals surface area contributed by atoms with Crippen LogP contribution in [0.5, 0.6) is 0 Å². The van der Waals surface area contributed by atoms with Crippen LogP contribution in [0, 0.1) is 10.1 Å². The molecule has 1 saturated heterocycles. The summed E-state index contributed by atoms with van der Waals surface area (Å²) in [7, 11) is 0. The zero-order chi connectivity index (χ0) is 22.3. The van der Waals surface area contributed by atoms with Gasteiger partial charge in [0.2, 0.25) is 5.91 Å². The summed E-state index contributed by atoms with van der Waals surface area (Å²) in [5, 5.41) is 15.9. The van der Waals surface area contributed by atoms with Crippen molar-refractivity contribution >= 4 is 34.3 Å². The molecule has 156 valence electrons. The number of urea groups is 1. The Kier molecular flexibility index (Phi) is 4.65. The number of carbonyl (C=O) groups excluding carboxylic acids is 3. The molecule has 0 aliphatic carbocycles. The van der Waals surface area contributed by atoms with E-state index < -0.39 is 34.0 Å². The highest BCUT2D eigenvalue weighted by molar-refractivity contribution is 6.09. The number of nitrogens with two attached hydrogens (primary N) is 1. The molecule has 1 atom stereocenters. The summed E-state index contributed by atoms with van der Waals surface area (Å²) in [5.74, 6) is -1.34. The van der Waals surface area contributed by atoms with Crippen molar-refractivity contribution in [2.75, 3.05) is 0 Å². The molecule has 1 fully saturated rings. The van der Waals surface area contributed by atoms with Crippen LogP contribution in [0.2, 0.25) is 0 Å². The van der Waals surface area contributed by atoms with Gasteiger partial charge in [0.1, 0.15) is 5.54 Å². The van der Waals surface area contributed by atoms with Crippen LogP contribution in [0.1, 0.15) is 28.4 Å². The lowest BCUT2D eigenvalue weighted by molar-refractivity contribution is -0.385. The third-order valence-electron chi connectivity index (χ3n) is 5.50. The minimum atomic E-state index is -1.33. The summed E-state index contributed by atoms with van der Waals surface area (Å²) >= 11 is 0. The lowest BCUT2D eigenvalue weighted by Gasteiger charge is -2.24. The van der Waals surface area contributed by atoms with Crippen LogP contribution in [0.3, 0.4) is 0 Å². The van der Waals surface area contributed by atoms with E-state index in [9.17, 15) is 24.5 Å². The fourth-order valence-corrected chi connectivity index (χ4v) is 3.88. The Morgan fingerprint density at radius 1 is 1.13 bits per heavy atom. The van der Waals surface area contributed by atoms with Gasteiger partial charge in [0.15, 0.2) is 0 Å². The SMILES string of the molecule is CC1(c2cccc3ccccc23)NC(=O)N(Cc2ccc(C(N)=O)cc2[N+](=O)[O-])C1=O. The normalized spacial score (nSPS) is 18.3. The summed E-state index contributed by atoms with van der Waals surface area (Å²) in [4.78, 5) is 49.2. The molecule has 1 aliphatic heterocycles. The lowest BCUT2D eigenvalue weighted by Crippen LogP contribution is -2.41. The monoisotopic (exact) mass is 418 g/mol. The molecule has 0 saturated carbocycles. The average Bonchev–Trinajstić information content (AvgIpc) is 2.97. The highest BCUT2D eigenvalue weighted by atomic mass is 16.6. The Morgan fingerprint density at radius 3 is 2.55 bits per heavy atom. The van der Waals surface area contributed by atoms with E-state index in [-0.39, 0.29) is 17.7 Å². The highest BCUT2D eigenvalue weighted by Crippen LogP contribution is 2.35. The number of amides is 4. The molecular formula is C22H18N4O5. The molecule has 4 amide bonds. The quantitative estimate of drug-likeness (QED) is 0.373. The summed E-state index contributed by atoms with van der Waals surface area (Å²) in [5.41, 5.74) is 4.18. The van der Waals surface area contributed by atoms with Gasteiger partial charge >= 0.3 is 6.03 Å². The first-order valence-electron chi connectivity index (χ1n) is 9.42. The second-order valence-electron chi connectivity index (χ2n) is 7.44. The van der Waals surface area contributed by atoms with Crippen molar-refractivity contribution in [1.29, 1.82) is 0 Å². The van der Waals surface area contributed by atoms with E-state index in [1.807, 2.05) is 30.3 Å². The molecule has 1 aliphatic rings. The number of rotatable bonds is 5. The number of imide groups is 1. The molecule has 4 rings (SSSR count). The smallest absolute Gasteiger partial charge is 0.325 e. The molecular weight excluding hydrogens is 400 g/mol. The predicted molar refractivity (Wildman–Crippen MR) is 112 cm³/mol. The van der Waals surface area contributed by atoms with Crippen LogP contribution < -0.4 is 11.1 Å². The van der Waals surface area contributed by atoms with Gasteiger partial charge < -0.3 is 11.1 Å². The minimum Gasteiger partial charge on any atom is -0.366 e. The molecule has 0 aromatic heterocycles. The number of benzene rings is 3. The van der Waals surface area contributed by atoms with E-state index in [0.29, 0.717) is 5.56 Å². The molecule has 0 radical (unpaired) electrons. The molecule has 0 spiro atoms. The van der Waals surface area contributed by atoms with Gasteiger partial charge in [0.05, 0.1) is 11.5 Å². The van der Waals surface area contributed by atoms with Crippen LogP contribution in [0.25, 0.3) is 10.8 Å². The zero-order valence-electron chi connectivity index (χ0n) is 16.5. The topological polar surface area (TPSA) is 136 Å². The molecule has 9 nitrogen and oxygen atoms in total. The minimum absolute atomic E-state index is 0.0340. The average molecular weight is 418 g/mol. The van der Waals surface area contributed by atoms with E-state index in [1.54, 1.807) is 19.1 Å². The first-order valence-corrected chi connectivity index (χ1v) is 9.42. The molecule has 0 bridgehead atoms. The van der Waals surface area contributed by atoms with Gasteiger partial charge in [-0.15, -0.1) is 0 Å². The maximum absolute atomic E-state index is 13.3. The summed E-state index contributed by atoms with van der Waals surface area (Å²) in [6.07, 6.45) is 0. The number of nitro benzene ring substituents is 1. The second kappa shape index (κ2) is 7.21. The number of hydrogen-bond donors (Lipinski definition) is 2. The van der Waals surface area contributed by atoms with Gasteiger partial charge in [-0.1, -0.05) is 42.5 Å². The van der Waals surface area contributed by atoms with Gasteiger partial charge in [0.25, 0.3) is 11.6 Å². The Balaban J connectivity index is 1.73. The Labute approximate surface area is 176 Å². The Hall–Kier alpha value is -4.27. The van der Waals surface area contributed by atoms with Crippen molar-refractivity contribution in [3.05, 3.63) is 87.5 Å². The van der Waals surface area contributed by atoms with Gasteiger partial charge in [-0.3, -0.25) is 24.6 Å². The van der Waals surface area contributed by atoms with E-state index in [4.69, 9.17) is 5.73 Å². The maximum atomic E-state index is 13.3. The van der Waals surface area contributed by atoms with Crippen LogP contribution in [0.15, 0.2) is 60.7 Å². The third kappa shape index (κ3) is 3.25. The predicted octanol–water partition coefficient (Wildman–Crippen LogP) is 2.81. The molecule has 1 heterocycles. The van der Waals surface area contributed by atoms with Crippen LogP contribution >= 0.6 is 0 Å². The largest absolute Gasteiger partial charge is 0.366 e. The van der Waals surface area contributed by atoms with Crippen LogP contribution in [0.4, 0.5) is 10.5 Å². The molecule has 31 heavy (non-hydrogen) atoms. The van der Waals surface area contributed by atoms with Gasteiger partial charge in [-0.25, -0.2) is 4.79 Å². The van der Waals surface area contributed by atoms with Crippen molar-refractivity contribution in [2.24, 2.45) is 5.73 Å². The number of nitro groups is 1. The number of nitrogens with zero attached hydrogens (tertiary/aromatic N) is 2. The maximum Gasteiger partial charge on any atom is 0.325 e. The van der Waals surface area contributed by atoms with Crippen molar-refractivity contribution in [1.82, 2.24) is 10.2 Å². The van der Waals surface area contributed by atoms with Crippen molar-refractivity contribution in [3.8, 4) is 0 Å². The molecule has 3 N–H and O–H groups in total. The molecule has 9 heteroatoms. The Bertz CT molecular complexity index is 1270. The van der Waals surface area contributed by atoms with Crippen molar-refractivity contribution in [3.63, 3.8) is 0 Å². The molecule has 3 aromatic rings. The van der Waals surface area contributed by atoms with E-state index >= 15 is 0 Å². The lowest BCUT2D eigenvalue weighted by atomic mass is 9.87. The van der Waals surface area contributed by atoms with E-state index in [0.717, 1.165) is 21.7 Å². The number of primary amides is 1. The Morgan fingerprint density at radius 2 is 1.84 bits per heavy atom. The van der Waals surface area contributed by atoms with E-state index in [2.05, 4.69) is 5.32 Å². The fraction of sp³-hybridized carbons (Fsp3) is 0.136. The van der Waals surface area contributed by atoms with Crippen molar-refractivity contribution in [2.45, 2.75) is 19.0 Å². The summed E-state index contributed by atoms with van der Waals surface area (Å²) in [6.45, 7) is 1.29. The van der Waals surface area contributed by atoms with Gasteiger partial charge in [-0.05, 0) is 35.4 Å².